The van der Waals surface area contributed by atoms with Crippen molar-refractivity contribution in [2.24, 2.45) is 0 Å². The number of ketones is 1. The fourth-order valence-corrected chi connectivity index (χ4v) is 4.82. The van der Waals surface area contributed by atoms with E-state index in [2.05, 4.69) is 10.1 Å². The van der Waals surface area contributed by atoms with Gasteiger partial charge in [0.2, 0.25) is 0 Å². The Hall–Kier alpha value is -3.16. The number of hydrogen-bond donors (Lipinski definition) is 2. The fourth-order valence-electron chi connectivity index (χ4n) is 4.69. The Morgan fingerprint density at radius 2 is 1.62 bits per heavy atom. The second kappa shape index (κ2) is 12.6. The number of carbonyl (C=O) groups is 3. The fraction of sp³-hybridized carbons (Fsp3) is 0.423. The van der Waals surface area contributed by atoms with Crippen LogP contribution < -0.4 is 5.32 Å². The molecule has 1 heterocycles. The quantitative estimate of drug-likeness (QED) is 0.185. The third-order valence-corrected chi connectivity index (χ3v) is 6.78. The van der Waals surface area contributed by atoms with Crippen LogP contribution in [-0.4, -0.2) is 66.1 Å². The number of ether oxygens (including phenoxy) is 1. The second-order valence-corrected chi connectivity index (χ2v) is 9.75. The van der Waals surface area contributed by atoms with E-state index in [0.717, 1.165) is 17.6 Å². The lowest BCUT2D eigenvalue weighted by Gasteiger charge is -2.40. The van der Waals surface area contributed by atoms with Crippen molar-refractivity contribution in [1.82, 2.24) is 10.2 Å². The molecule has 2 aromatic rings. The first-order chi connectivity index (χ1) is 18.6. The van der Waals surface area contributed by atoms with Crippen molar-refractivity contribution in [3.8, 4) is 0 Å². The molecule has 0 aromatic heterocycles. The molecule has 0 saturated carbocycles. The van der Waals surface area contributed by atoms with Gasteiger partial charge in [-0.25, -0.2) is 4.79 Å². The minimum Gasteiger partial charge on any atom is -0.480 e. The third-order valence-electron chi connectivity index (χ3n) is 6.53. The largest absolute Gasteiger partial charge is 0.480 e. The summed E-state index contributed by atoms with van der Waals surface area (Å²) in [5.41, 5.74) is -3.66. The summed E-state index contributed by atoms with van der Waals surface area (Å²) >= 11 is 5.92. The number of alkyl halides is 6. The highest BCUT2D eigenvalue weighted by Crippen LogP contribution is 2.37. The van der Waals surface area contributed by atoms with Gasteiger partial charge in [-0.15, -0.1) is 0 Å². The van der Waals surface area contributed by atoms with Crippen molar-refractivity contribution in [3.05, 3.63) is 69.7 Å². The molecule has 1 saturated heterocycles. The number of benzene rings is 2. The van der Waals surface area contributed by atoms with Crippen LogP contribution in [0.3, 0.4) is 0 Å². The molecular weight excluding hydrogens is 570 g/mol. The zero-order chi connectivity index (χ0) is 29.8. The van der Waals surface area contributed by atoms with Crippen LogP contribution in [0.25, 0.3) is 0 Å². The van der Waals surface area contributed by atoms with E-state index in [4.69, 9.17) is 11.6 Å². The van der Waals surface area contributed by atoms with Crippen molar-refractivity contribution in [1.29, 1.82) is 0 Å². The molecule has 0 spiro atoms. The summed E-state index contributed by atoms with van der Waals surface area (Å²) in [6, 6.07) is 4.10. The van der Waals surface area contributed by atoms with Gasteiger partial charge in [-0.3, -0.25) is 14.5 Å². The van der Waals surface area contributed by atoms with Gasteiger partial charge < -0.3 is 15.2 Å². The van der Waals surface area contributed by atoms with Gasteiger partial charge in [-0.1, -0.05) is 23.7 Å². The van der Waals surface area contributed by atoms with Gasteiger partial charge in [0.25, 0.3) is 0 Å². The first-order valence-corrected chi connectivity index (χ1v) is 12.3. The average Bonchev–Trinajstić information content (AvgIpc) is 2.88. The van der Waals surface area contributed by atoms with Crippen molar-refractivity contribution < 1.29 is 50.6 Å². The van der Waals surface area contributed by atoms with Gasteiger partial charge in [0.1, 0.15) is 0 Å². The number of Topliss-reactive ketones (excluding diaryl/α,β-unsaturated/α-hetero) is 1. The molecule has 14 heteroatoms. The highest BCUT2D eigenvalue weighted by molar-refractivity contribution is 6.30. The van der Waals surface area contributed by atoms with Crippen LogP contribution in [0.4, 0.5) is 26.3 Å². The Morgan fingerprint density at radius 3 is 2.12 bits per heavy atom. The Labute approximate surface area is 230 Å². The van der Waals surface area contributed by atoms with Crippen LogP contribution in [0.1, 0.15) is 39.9 Å². The maximum absolute atomic E-state index is 13.5. The number of nitrogens with zero attached hydrogens (tertiary/aromatic N) is 1. The lowest BCUT2D eigenvalue weighted by atomic mass is 9.90. The van der Waals surface area contributed by atoms with Gasteiger partial charge in [-0.05, 0) is 61.7 Å². The van der Waals surface area contributed by atoms with Gasteiger partial charge in [0, 0.05) is 22.7 Å². The van der Waals surface area contributed by atoms with Crippen molar-refractivity contribution in [3.63, 3.8) is 0 Å². The molecule has 3 rings (SSSR count). The average molecular weight is 595 g/mol. The zero-order valence-electron chi connectivity index (χ0n) is 21.0. The summed E-state index contributed by atoms with van der Waals surface area (Å²) in [6.45, 7) is -0.558. The maximum atomic E-state index is 13.5. The second-order valence-electron chi connectivity index (χ2n) is 9.31. The van der Waals surface area contributed by atoms with Gasteiger partial charge in [-0.2, -0.15) is 26.3 Å². The lowest BCUT2D eigenvalue weighted by molar-refractivity contribution is -0.149. The number of carboxylic acids is 1. The van der Waals surface area contributed by atoms with E-state index in [-0.39, 0.29) is 37.1 Å². The standard InChI is InChI=1S/C26H25ClF6N2O5/c1-40-24(39)22(23(38)15-9-16(25(28,29)30)11-17(10-15)26(31,32)33)35(13-21(36)37)20-6-7-34-19(12-20)8-14-2-4-18(27)5-3-14/h2-5,9-11,19-20,22,34H,6-8,12-13H2,1H3,(H,36,37). The predicted octanol–water partition coefficient (Wildman–Crippen LogP) is 4.85. The number of rotatable bonds is 9. The van der Waals surface area contributed by atoms with E-state index in [9.17, 15) is 45.8 Å². The number of aliphatic carboxylic acids is 1. The molecule has 0 radical (unpaired) electrons. The van der Waals surface area contributed by atoms with Gasteiger partial charge >= 0.3 is 24.3 Å². The van der Waals surface area contributed by atoms with Crippen molar-refractivity contribution in [2.45, 2.75) is 49.7 Å². The number of carboxylic acid groups (broad SMARTS) is 1. The van der Waals surface area contributed by atoms with Crippen LogP contribution in [0.5, 0.6) is 0 Å². The van der Waals surface area contributed by atoms with E-state index in [1.54, 1.807) is 24.3 Å². The molecule has 0 aliphatic carbocycles. The molecule has 2 aromatic carbocycles. The lowest BCUT2D eigenvalue weighted by Crippen LogP contribution is -2.57. The monoisotopic (exact) mass is 594 g/mol. The number of halogens is 7. The molecule has 0 bridgehead atoms. The SMILES string of the molecule is COC(=O)C(C(=O)c1cc(C(F)(F)F)cc(C(F)(F)F)c1)N(CC(=O)O)C1CCNC(Cc2ccc(Cl)cc2)C1. The van der Waals surface area contributed by atoms with E-state index < -0.39 is 65.4 Å². The summed E-state index contributed by atoms with van der Waals surface area (Å²) < 4.78 is 85.2. The van der Waals surface area contributed by atoms with Crippen molar-refractivity contribution >= 4 is 29.3 Å². The third kappa shape index (κ3) is 7.95. The van der Waals surface area contributed by atoms with E-state index >= 15 is 0 Å². The summed E-state index contributed by atoms with van der Waals surface area (Å²) in [7, 11) is 0.876. The van der Waals surface area contributed by atoms with Crippen LogP contribution in [0.15, 0.2) is 42.5 Å². The Bertz CT molecular complexity index is 1200. The highest BCUT2D eigenvalue weighted by atomic mass is 35.5. The number of carbonyl (C=O) groups excluding carboxylic acids is 2. The minimum absolute atomic E-state index is 0.146. The topological polar surface area (TPSA) is 95.9 Å². The molecule has 2 N–H and O–H groups in total. The van der Waals surface area contributed by atoms with E-state index in [0.29, 0.717) is 18.0 Å². The molecule has 0 amide bonds. The van der Waals surface area contributed by atoms with Gasteiger partial charge in [0.15, 0.2) is 11.8 Å². The van der Waals surface area contributed by atoms with E-state index in [1.807, 2.05) is 0 Å². The van der Waals surface area contributed by atoms with Crippen molar-refractivity contribution in [2.75, 3.05) is 20.2 Å². The smallest absolute Gasteiger partial charge is 0.416 e. The van der Waals surface area contributed by atoms with Crippen LogP contribution in [-0.2, 0) is 33.1 Å². The summed E-state index contributed by atoms with van der Waals surface area (Å²) in [5.74, 6) is -4.23. The molecule has 218 valence electrons. The molecule has 3 atom stereocenters. The molecule has 1 aliphatic heterocycles. The molecule has 1 aliphatic rings. The normalized spacial score (nSPS) is 18.8. The van der Waals surface area contributed by atoms with Crippen LogP contribution in [0, 0.1) is 0 Å². The van der Waals surface area contributed by atoms with Crippen LogP contribution in [0.2, 0.25) is 5.02 Å². The number of nitrogens with one attached hydrogen (secondary N) is 1. The Kier molecular flexibility index (Phi) is 9.85. The predicted molar refractivity (Wildman–Crippen MR) is 131 cm³/mol. The Morgan fingerprint density at radius 1 is 1.05 bits per heavy atom. The van der Waals surface area contributed by atoms with E-state index in [1.165, 1.54) is 0 Å². The molecule has 3 unspecified atom stereocenters. The summed E-state index contributed by atoms with van der Waals surface area (Å²) in [5, 5.41) is 13.3. The maximum Gasteiger partial charge on any atom is 0.416 e. The van der Waals surface area contributed by atoms with Crippen LogP contribution >= 0.6 is 11.6 Å². The first-order valence-electron chi connectivity index (χ1n) is 12.0. The highest BCUT2D eigenvalue weighted by Gasteiger charge is 2.43. The minimum atomic E-state index is -5.23. The molecule has 1 fully saturated rings. The Balaban J connectivity index is 2.01. The molecule has 40 heavy (non-hydrogen) atoms. The zero-order valence-corrected chi connectivity index (χ0v) is 21.7. The van der Waals surface area contributed by atoms with Gasteiger partial charge in [0.05, 0.1) is 24.8 Å². The summed E-state index contributed by atoms with van der Waals surface area (Å²) in [4.78, 5) is 39.0. The molecular formula is C26H25ClF6N2O5. The summed E-state index contributed by atoms with van der Waals surface area (Å²) in [6.07, 6.45) is -9.55. The number of methoxy groups -OCH3 is 1. The first kappa shape index (κ1) is 31.4. The number of piperidine rings is 1. The molecule has 7 nitrogen and oxygen atoms in total. The number of esters is 1. The number of hydrogen-bond acceptors (Lipinski definition) is 6.